The molecule has 28 heavy (non-hydrogen) atoms. The highest BCUT2D eigenvalue weighted by Crippen LogP contribution is 2.21. The highest BCUT2D eigenvalue weighted by atomic mass is 35.5. The van der Waals surface area contributed by atoms with Gasteiger partial charge in [0, 0.05) is 49.1 Å². The number of aliphatic hydroxyl groups excluding tert-OH is 1. The van der Waals surface area contributed by atoms with Crippen LogP contribution in [-0.2, 0) is 0 Å². The zero-order chi connectivity index (χ0) is 19.9. The number of nitrogens with zero attached hydrogens (tertiary/aromatic N) is 2. The number of urea groups is 1. The third-order valence-electron chi connectivity index (χ3n) is 4.58. The van der Waals surface area contributed by atoms with Gasteiger partial charge in [-0.25, -0.2) is 4.79 Å². The quantitative estimate of drug-likeness (QED) is 0.659. The van der Waals surface area contributed by atoms with Crippen molar-refractivity contribution in [1.29, 1.82) is 0 Å². The van der Waals surface area contributed by atoms with Gasteiger partial charge in [0.2, 0.25) is 0 Å². The first kappa shape index (κ1) is 20.3. The van der Waals surface area contributed by atoms with Crippen LogP contribution in [0.1, 0.15) is 0 Å². The molecule has 150 valence electrons. The molecule has 1 saturated heterocycles. The van der Waals surface area contributed by atoms with Crippen LogP contribution < -0.4 is 20.7 Å². The van der Waals surface area contributed by atoms with E-state index in [-0.39, 0.29) is 6.61 Å². The minimum Gasteiger partial charge on any atom is -0.491 e. The number of piperazine rings is 1. The molecule has 0 aromatic heterocycles. The summed E-state index contributed by atoms with van der Waals surface area (Å²) in [5.74, 6) is 0.625. The van der Waals surface area contributed by atoms with Gasteiger partial charge in [-0.15, -0.1) is 0 Å². The van der Waals surface area contributed by atoms with Crippen LogP contribution in [-0.4, -0.2) is 61.5 Å². The number of anilines is 2. The molecule has 2 amide bonds. The van der Waals surface area contributed by atoms with Gasteiger partial charge >= 0.3 is 6.03 Å². The fourth-order valence-corrected chi connectivity index (χ4v) is 3.37. The van der Waals surface area contributed by atoms with Crippen LogP contribution in [0.15, 0.2) is 48.5 Å². The van der Waals surface area contributed by atoms with Gasteiger partial charge in [-0.3, -0.25) is 4.90 Å². The van der Waals surface area contributed by atoms with Gasteiger partial charge in [-0.2, -0.15) is 0 Å². The molecule has 0 bridgehead atoms. The second kappa shape index (κ2) is 9.64. The summed E-state index contributed by atoms with van der Waals surface area (Å²) >= 11 is 6.07. The van der Waals surface area contributed by atoms with Crippen molar-refractivity contribution in [2.75, 3.05) is 49.5 Å². The molecule has 1 fully saturated rings. The minimum absolute atomic E-state index is 0.205. The Labute approximate surface area is 169 Å². The second-order valence-electron chi connectivity index (χ2n) is 6.75. The number of carbonyl (C=O) groups is 1. The molecule has 3 rings (SSSR count). The zero-order valence-corrected chi connectivity index (χ0v) is 16.3. The van der Waals surface area contributed by atoms with Crippen molar-refractivity contribution in [2.24, 2.45) is 5.73 Å². The van der Waals surface area contributed by atoms with Gasteiger partial charge in [-0.05, 0) is 42.5 Å². The molecule has 1 aliphatic rings. The van der Waals surface area contributed by atoms with E-state index >= 15 is 0 Å². The first-order chi connectivity index (χ1) is 13.5. The fraction of sp³-hybridized carbons (Fsp3) is 0.350. The van der Waals surface area contributed by atoms with E-state index in [2.05, 4.69) is 21.2 Å². The summed E-state index contributed by atoms with van der Waals surface area (Å²) in [6.45, 7) is 4.29. The van der Waals surface area contributed by atoms with E-state index in [1.165, 1.54) is 0 Å². The minimum atomic E-state index is -0.612. The molecular formula is C20H25ClN4O3. The van der Waals surface area contributed by atoms with Crippen molar-refractivity contribution < 1.29 is 14.6 Å². The number of benzene rings is 2. The van der Waals surface area contributed by atoms with E-state index < -0.39 is 12.1 Å². The van der Waals surface area contributed by atoms with Crippen LogP contribution in [0.25, 0.3) is 0 Å². The Morgan fingerprint density at radius 3 is 2.54 bits per heavy atom. The lowest BCUT2D eigenvalue weighted by Gasteiger charge is -2.36. The van der Waals surface area contributed by atoms with E-state index in [0.717, 1.165) is 36.9 Å². The Hall–Kier alpha value is -2.48. The molecule has 1 aliphatic heterocycles. The molecular weight excluding hydrogens is 380 g/mol. The molecule has 0 spiro atoms. The molecule has 4 N–H and O–H groups in total. The maximum absolute atomic E-state index is 10.8. The summed E-state index contributed by atoms with van der Waals surface area (Å²) in [4.78, 5) is 15.3. The molecule has 2 aromatic carbocycles. The van der Waals surface area contributed by atoms with Crippen molar-refractivity contribution in [1.82, 2.24) is 4.90 Å². The predicted octanol–water partition coefficient (Wildman–Crippen LogP) is 2.39. The SMILES string of the molecule is NC(=O)Nc1ccc(OC[C@@H](O)CN2CCN(c3cccc(Cl)c3)CC2)cc1. The summed E-state index contributed by atoms with van der Waals surface area (Å²) in [5.41, 5.74) is 6.80. The Morgan fingerprint density at radius 1 is 1.18 bits per heavy atom. The first-order valence-corrected chi connectivity index (χ1v) is 9.57. The number of aliphatic hydroxyl groups is 1. The number of primary amides is 1. The molecule has 2 aromatic rings. The molecule has 0 saturated carbocycles. The van der Waals surface area contributed by atoms with E-state index in [1.807, 2.05) is 18.2 Å². The number of β-amino-alcohol motifs (C(OH)–C–C–N with tert-alkyl or cyclic N) is 1. The molecule has 1 atom stereocenters. The number of hydrogen-bond acceptors (Lipinski definition) is 5. The van der Waals surface area contributed by atoms with Crippen LogP contribution in [0.3, 0.4) is 0 Å². The average molecular weight is 405 g/mol. The summed E-state index contributed by atoms with van der Waals surface area (Å²) in [5, 5.41) is 13.5. The monoisotopic (exact) mass is 404 g/mol. The summed E-state index contributed by atoms with van der Waals surface area (Å²) in [7, 11) is 0. The van der Waals surface area contributed by atoms with E-state index in [1.54, 1.807) is 24.3 Å². The van der Waals surface area contributed by atoms with Gasteiger partial charge in [0.15, 0.2) is 0 Å². The lowest BCUT2D eigenvalue weighted by molar-refractivity contribution is 0.0663. The third-order valence-corrected chi connectivity index (χ3v) is 4.81. The van der Waals surface area contributed by atoms with Crippen LogP contribution in [0, 0.1) is 0 Å². The zero-order valence-electron chi connectivity index (χ0n) is 15.6. The Balaban J connectivity index is 1.39. The van der Waals surface area contributed by atoms with Crippen LogP contribution in [0.5, 0.6) is 5.75 Å². The number of rotatable bonds is 7. The van der Waals surface area contributed by atoms with Crippen molar-refractivity contribution in [3.63, 3.8) is 0 Å². The molecule has 0 unspecified atom stereocenters. The highest BCUT2D eigenvalue weighted by molar-refractivity contribution is 6.30. The van der Waals surface area contributed by atoms with E-state index in [0.29, 0.717) is 18.0 Å². The smallest absolute Gasteiger partial charge is 0.316 e. The number of carbonyl (C=O) groups excluding carboxylic acids is 1. The Bertz CT molecular complexity index is 779. The molecule has 1 heterocycles. The largest absolute Gasteiger partial charge is 0.491 e. The van der Waals surface area contributed by atoms with Crippen LogP contribution in [0.2, 0.25) is 5.02 Å². The maximum Gasteiger partial charge on any atom is 0.316 e. The summed E-state index contributed by atoms with van der Waals surface area (Å²) < 4.78 is 5.63. The summed E-state index contributed by atoms with van der Waals surface area (Å²) in [6.07, 6.45) is -0.582. The molecule has 7 nitrogen and oxygen atoms in total. The molecule has 0 aliphatic carbocycles. The van der Waals surface area contributed by atoms with Crippen LogP contribution >= 0.6 is 11.6 Å². The highest BCUT2D eigenvalue weighted by Gasteiger charge is 2.20. The van der Waals surface area contributed by atoms with Gasteiger partial charge in [0.05, 0.1) is 0 Å². The number of halogens is 1. The van der Waals surface area contributed by atoms with Crippen molar-refractivity contribution in [3.05, 3.63) is 53.6 Å². The van der Waals surface area contributed by atoms with Crippen molar-refractivity contribution in [2.45, 2.75) is 6.10 Å². The standard InChI is InChI=1S/C20H25ClN4O3/c21-15-2-1-3-17(12-15)25-10-8-24(9-11-25)13-18(26)14-28-19-6-4-16(5-7-19)23-20(22)27/h1-7,12,18,26H,8-11,13-14H2,(H3,22,23,27)/t18-/m0/s1. The van der Waals surface area contributed by atoms with E-state index in [9.17, 15) is 9.90 Å². The number of amides is 2. The fourth-order valence-electron chi connectivity index (χ4n) is 3.18. The lowest BCUT2D eigenvalue weighted by Crippen LogP contribution is -2.49. The Morgan fingerprint density at radius 2 is 1.89 bits per heavy atom. The van der Waals surface area contributed by atoms with Gasteiger partial charge < -0.3 is 25.8 Å². The predicted molar refractivity (Wildman–Crippen MR) is 111 cm³/mol. The number of ether oxygens (including phenoxy) is 1. The van der Waals surface area contributed by atoms with Gasteiger partial charge in [0.25, 0.3) is 0 Å². The molecule has 0 radical (unpaired) electrons. The van der Waals surface area contributed by atoms with Gasteiger partial charge in [0.1, 0.15) is 18.5 Å². The normalized spacial score (nSPS) is 15.9. The van der Waals surface area contributed by atoms with E-state index in [4.69, 9.17) is 22.1 Å². The number of hydrogen-bond donors (Lipinski definition) is 3. The number of nitrogens with two attached hydrogens (primary N) is 1. The maximum atomic E-state index is 10.8. The summed E-state index contributed by atoms with van der Waals surface area (Å²) in [6, 6.07) is 14.1. The topological polar surface area (TPSA) is 91.1 Å². The lowest BCUT2D eigenvalue weighted by atomic mass is 10.2. The second-order valence-corrected chi connectivity index (χ2v) is 7.18. The molecule has 8 heteroatoms. The third kappa shape index (κ3) is 6.02. The number of nitrogens with one attached hydrogen (secondary N) is 1. The van der Waals surface area contributed by atoms with Gasteiger partial charge in [-0.1, -0.05) is 17.7 Å². The van der Waals surface area contributed by atoms with Crippen molar-refractivity contribution in [3.8, 4) is 5.75 Å². The first-order valence-electron chi connectivity index (χ1n) is 9.20. The van der Waals surface area contributed by atoms with Crippen molar-refractivity contribution >= 4 is 29.0 Å². The van der Waals surface area contributed by atoms with Crippen LogP contribution in [0.4, 0.5) is 16.2 Å². The average Bonchev–Trinajstić information content (AvgIpc) is 2.68. The Kier molecular flexibility index (Phi) is 6.97.